The number of aromatic nitrogens is 1. The Balaban J connectivity index is 1.21. The van der Waals surface area contributed by atoms with E-state index in [1.165, 1.54) is 19.3 Å². The molecular formula is C27H27N3O3. The Hall–Kier alpha value is -3.41. The molecule has 4 fully saturated rings. The maximum Gasteiger partial charge on any atom is 0.296 e. The summed E-state index contributed by atoms with van der Waals surface area (Å²) in [5, 5.41) is 6.74. The van der Waals surface area contributed by atoms with E-state index in [1.807, 2.05) is 18.2 Å². The van der Waals surface area contributed by atoms with E-state index in [4.69, 9.17) is 0 Å². The number of hydrogen-bond acceptors (Lipinski definition) is 3. The van der Waals surface area contributed by atoms with Gasteiger partial charge in [0.25, 0.3) is 17.6 Å². The van der Waals surface area contributed by atoms with Crippen LogP contribution in [-0.4, -0.2) is 28.1 Å². The van der Waals surface area contributed by atoms with E-state index in [1.54, 1.807) is 36.5 Å². The normalized spacial score (nSPS) is 27.5. The molecule has 3 aromatic rings. The van der Waals surface area contributed by atoms with Crippen molar-refractivity contribution in [2.45, 2.75) is 44.1 Å². The monoisotopic (exact) mass is 441 g/mol. The number of para-hydroxylation sites is 2. The van der Waals surface area contributed by atoms with Gasteiger partial charge < -0.3 is 15.6 Å². The molecule has 1 heterocycles. The maximum atomic E-state index is 13.4. The number of carbonyl (C=O) groups is 3. The lowest BCUT2D eigenvalue weighted by Crippen LogP contribution is -2.59. The van der Waals surface area contributed by atoms with Crippen LogP contribution in [0.15, 0.2) is 54.7 Å². The number of aromatic amines is 1. The molecule has 1 aromatic heterocycles. The van der Waals surface area contributed by atoms with E-state index in [-0.39, 0.29) is 11.4 Å². The molecule has 4 aliphatic carbocycles. The fourth-order valence-electron chi connectivity index (χ4n) is 6.92. The molecule has 7 rings (SSSR count). The second-order valence-corrected chi connectivity index (χ2v) is 10.2. The second-order valence-electron chi connectivity index (χ2n) is 10.2. The van der Waals surface area contributed by atoms with E-state index in [9.17, 15) is 14.4 Å². The number of rotatable bonds is 5. The molecule has 0 unspecified atom stereocenters. The average Bonchev–Trinajstić information content (AvgIpc) is 3.22. The Morgan fingerprint density at radius 1 is 0.818 bits per heavy atom. The Morgan fingerprint density at radius 3 is 2.18 bits per heavy atom. The number of nitrogens with one attached hydrogen (secondary N) is 3. The Morgan fingerprint density at radius 2 is 1.45 bits per heavy atom. The van der Waals surface area contributed by atoms with Gasteiger partial charge in [-0.2, -0.15) is 0 Å². The number of anilines is 1. The summed E-state index contributed by atoms with van der Waals surface area (Å²) in [6, 6.07) is 14.3. The first kappa shape index (κ1) is 20.2. The van der Waals surface area contributed by atoms with Gasteiger partial charge in [0.2, 0.25) is 0 Å². The molecule has 0 atom stereocenters. The number of H-pyrrole nitrogens is 1. The van der Waals surface area contributed by atoms with Gasteiger partial charge in [0.05, 0.1) is 16.8 Å². The molecule has 0 radical (unpaired) electrons. The predicted octanol–water partition coefficient (Wildman–Crippen LogP) is 4.69. The van der Waals surface area contributed by atoms with Crippen LogP contribution in [0.1, 0.15) is 59.2 Å². The molecule has 4 aliphatic rings. The lowest BCUT2D eigenvalue weighted by Gasteiger charge is -2.56. The quantitative estimate of drug-likeness (QED) is 0.396. The highest BCUT2D eigenvalue weighted by molar-refractivity contribution is 6.48. The smallest absolute Gasteiger partial charge is 0.296 e. The molecule has 0 saturated heterocycles. The minimum absolute atomic E-state index is 0.122. The summed E-state index contributed by atoms with van der Waals surface area (Å²) >= 11 is 0. The van der Waals surface area contributed by atoms with Crippen LogP contribution in [-0.2, 0) is 4.79 Å². The van der Waals surface area contributed by atoms with Gasteiger partial charge in [-0.05, 0) is 74.5 Å². The molecule has 3 N–H and O–H groups in total. The highest BCUT2D eigenvalue weighted by atomic mass is 16.2. The summed E-state index contributed by atoms with van der Waals surface area (Å²) in [5.74, 6) is 0.604. The van der Waals surface area contributed by atoms with Gasteiger partial charge in [-0.15, -0.1) is 0 Å². The molecule has 6 nitrogen and oxygen atoms in total. The van der Waals surface area contributed by atoms with Crippen LogP contribution >= 0.6 is 0 Å². The van der Waals surface area contributed by atoms with Crippen LogP contribution in [0.5, 0.6) is 0 Å². The summed E-state index contributed by atoms with van der Waals surface area (Å²) in [6.45, 7) is 0. The van der Waals surface area contributed by atoms with Gasteiger partial charge >= 0.3 is 0 Å². The standard InChI is InChI=1S/C27H27N3O3/c31-24(21-15-28-22-7-3-1-5-19(21)22)26(33)29-23-8-4-2-6-20(23)25(32)30-27-12-16-9-17(13-27)11-18(10-16)14-27/h1-8,15-18,28H,9-14H2,(H,29,33)(H,30,32). The van der Waals surface area contributed by atoms with Crippen molar-refractivity contribution in [3.8, 4) is 0 Å². The van der Waals surface area contributed by atoms with Crippen LogP contribution in [0.25, 0.3) is 10.9 Å². The van der Waals surface area contributed by atoms with Crippen molar-refractivity contribution in [3.63, 3.8) is 0 Å². The third kappa shape index (κ3) is 3.54. The first-order valence-corrected chi connectivity index (χ1v) is 11.8. The highest BCUT2D eigenvalue weighted by Gasteiger charge is 2.51. The van der Waals surface area contributed by atoms with Crippen molar-refractivity contribution >= 4 is 34.2 Å². The summed E-state index contributed by atoms with van der Waals surface area (Å²) in [6.07, 6.45) is 8.63. The zero-order valence-electron chi connectivity index (χ0n) is 18.4. The van der Waals surface area contributed by atoms with Crippen molar-refractivity contribution in [2.75, 3.05) is 5.32 Å². The van der Waals surface area contributed by atoms with Gasteiger partial charge in [-0.3, -0.25) is 14.4 Å². The van der Waals surface area contributed by atoms with Crippen molar-refractivity contribution in [1.29, 1.82) is 0 Å². The van der Waals surface area contributed by atoms with Crippen LogP contribution in [0.4, 0.5) is 5.69 Å². The minimum atomic E-state index is -0.755. The first-order chi connectivity index (χ1) is 16.0. The van der Waals surface area contributed by atoms with Gasteiger partial charge in [0, 0.05) is 22.6 Å². The van der Waals surface area contributed by atoms with Crippen LogP contribution in [0.3, 0.4) is 0 Å². The summed E-state index contributed by atoms with van der Waals surface area (Å²) in [7, 11) is 0. The van der Waals surface area contributed by atoms with Gasteiger partial charge in [-0.1, -0.05) is 30.3 Å². The van der Waals surface area contributed by atoms with Crippen LogP contribution in [0.2, 0.25) is 0 Å². The fraction of sp³-hybridized carbons (Fsp3) is 0.370. The number of fused-ring (bicyclic) bond motifs is 1. The van der Waals surface area contributed by atoms with Crippen molar-refractivity contribution in [3.05, 3.63) is 65.9 Å². The minimum Gasteiger partial charge on any atom is -0.360 e. The lowest BCUT2D eigenvalue weighted by atomic mass is 9.53. The molecule has 6 heteroatoms. The van der Waals surface area contributed by atoms with E-state index in [0.29, 0.717) is 22.2 Å². The summed E-state index contributed by atoms with van der Waals surface area (Å²) in [4.78, 5) is 42.1. The zero-order valence-corrected chi connectivity index (χ0v) is 18.4. The first-order valence-electron chi connectivity index (χ1n) is 11.8. The molecule has 33 heavy (non-hydrogen) atoms. The Labute approximate surface area is 192 Å². The maximum absolute atomic E-state index is 13.4. The predicted molar refractivity (Wildman–Crippen MR) is 126 cm³/mol. The number of benzene rings is 2. The molecule has 4 saturated carbocycles. The van der Waals surface area contributed by atoms with Crippen LogP contribution in [0, 0.1) is 17.8 Å². The highest BCUT2D eigenvalue weighted by Crippen LogP contribution is 2.55. The van der Waals surface area contributed by atoms with E-state index >= 15 is 0 Å². The zero-order chi connectivity index (χ0) is 22.6. The number of amides is 2. The Bertz CT molecular complexity index is 1240. The number of Topliss-reactive ketones (excluding diaryl/α,β-unsaturated/α-hetero) is 1. The molecule has 2 aromatic carbocycles. The average molecular weight is 442 g/mol. The van der Waals surface area contributed by atoms with Gasteiger partial charge in [0.1, 0.15) is 0 Å². The third-order valence-electron chi connectivity index (χ3n) is 7.88. The topological polar surface area (TPSA) is 91.1 Å². The van der Waals surface area contributed by atoms with Crippen LogP contribution < -0.4 is 10.6 Å². The van der Waals surface area contributed by atoms with Crippen molar-refractivity contribution in [2.24, 2.45) is 17.8 Å². The second kappa shape index (κ2) is 7.58. The molecule has 2 amide bonds. The summed E-state index contributed by atoms with van der Waals surface area (Å²) in [5.41, 5.74) is 1.75. The largest absolute Gasteiger partial charge is 0.360 e. The number of ketones is 1. The molecule has 0 aliphatic heterocycles. The molecule has 168 valence electrons. The van der Waals surface area contributed by atoms with Gasteiger partial charge in [-0.25, -0.2) is 0 Å². The molecular weight excluding hydrogens is 414 g/mol. The van der Waals surface area contributed by atoms with E-state index in [0.717, 1.165) is 42.5 Å². The number of hydrogen-bond donors (Lipinski definition) is 3. The molecule has 0 spiro atoms. The molecule has 4 bridgehead atoms. The van der Waals surface area contributed by atoms with Crippen molar-refractivity contribution < 1.29 is 14.4 Å². The summed E-state index contributed by atoms with van der Waals surface area (Å²) < 4.78 is 0. The van der Waals surface area contributed by atoms with Gasteiger partial charge in [0.15, 0.2) is 0 Å². The van der Waals surface area contributed by atoms with E-state index in [2.05, 4.69) is 15.6 Å². The van der Waals surface area contributed by atoms with Crippen molar-refractivity contribution in [1.82, 2.24) is 10.3 Å². The third-order valence-corrected chi connectivity index (χ3v) is 7.88. The SMILES string of the molecule is O=C(Nc1ccccc1C(=O)NC12CC3CC(CC(C3)C1)C2)C(=O)c1c[nH]c2ccccc12. The number of carbonyl (C=O) groups excluding carboxylic acids is 3. The lowest BCUT2D eigenvalue weighted by molar-refractivity contribution is -0.112. The fourth-order valence-corrected chi connectivity index (χ4v) is 6.92. The Kier molecular flexibility index (Phi) is 4.64. The van der Waals surface area contributed by atoms with E-state index < -0.39 is 11.7 Å².